The Morgan fingerprint density at radius 2 is 2.08 bits per heavy atom. The van der Waals surface area contributed by atoms with Gasteiger partial charge in [0.2, 0.25) is 0 Å². The molecule has 0 spiro atoms. The van der Waals surface area contributed by atoms with Gasteiger partial charge in [0.25, 0.3) is 0 Å². The van der Waals surface area contributed by atoms with Gasteiger partial charge in [-0.1, -0.05) is 0 Å². The maximum absolute atomic E-state index is 12.8. The molecule has 64 valence electrons. The van der Waals surface area contributed by atoms with Crippen LogP contribution in [0.5, 0.6) is 0 Å². The summed E-state index contributed by atoms with van der Waals surface area (Å²) in [5.74, 6) is -1.28. The highest BCUT2D eigenvalue weighted by Gasteiger charge is 2.10. The third-order valence-corrected chi connectivity index (χ3v) is 1.46. The van der Waals surface area contributed by atoms with Crippen molar-refractivity contribution in [3.05, 3.63) is 35.4 Å². The van der Waals surface area contributed by atoms with E-state index >= 15 is 0 Å². The number of carbonyl (C=O) groups is 1. The van der Waals surface area contributed by atoms with Gasteiger partial charge < -0.3 is 10.5 Å². The lowest BCUT2D eigenvalue weighted by Gasteiger charge is -2.04. The fraction of sp³-hybridized carbons (Fsp3) is 0.125. The molecule has 2 nitrogen and oxygen atoms in total. The Labute approximate surface area is 68.0 Å². The Morgan fingerprint density at radius 3 is 2.67 bits per heavy atom. The quantitative estimate of drug-likeness (QED) is 0.678. The molecule has 2 N–H and O–H groups in total. The molecule has 0 radical (unpaired) electrons. The summed E-state index contributed by atoms with van der Waals surface area (Å²) in [5.41, 5.74) is 5.07. The van der Waals surface area contributed by atoms with E-state index in [4.69, 9.17) is 5.73 Å². The van der Waals surface area contributed by atoms with Crippen molar-refractivity contribution in [3.63, 3.8) is 0 Å². The number of hydrogen-bond acceptors (Lipinski definition) is 2. The van der Waals surface area contributed by atoms with E-state index in [-0.39, 0.29) is 5.56 Å². The number of carbonyl (C=O) groups excluding carboxylic acids is 1. The maximum atomic E-state index is 12.8. The Bertz CT molecular complexity index is 301. The molecule has 1 aromatic rings. The molecule has 0 aromatic heterocycles. The highest BCUT2D eigenvalue weighted by Crippen LogP contribution is 2.14. The number of aldehydes is 1. The summed E-state index contributed by atoms with van der Waals surface area (Å²) in [7, 11) is 0. The summed E-state index contributed by atoms with van der Waals surface area (Å²) >= 11 is 0. The Morgan fingerprint density at radius 1 is 1.42 bits per heavy atom. The van der Waals surface area contributed by atoms with Gasteiger partial charge in [0, 0.05) is 5.56 Å². The van der Waals surface area contributed by atoms with Gasteiger partial charge in [-0.2, -0.15) is 0 Å². The third-order valence-electron chi connectivity index (χ3n) is 1.46. The summed E-state index contributed by atoms with van der Waals surface area (Å²) in [6.45, 7) is 0. The van der Waals surface area contributed by atoms with E-state index in [1.165, 1.54) is 0 Å². The van der Waals surface area contributed by atoms with Crippen LogP contribution < -0.4 is 5.73 Å². The predicted octanol–water partition coefficient (Wildman–Crippen LogP) is 1.16. The normalized spacial score (nSPS) is 12.6. The van der Waals surface area contributed by atoms with Gasteiger partial charge in [0.05, 0.1) is 6.04 Å². The number of hydrogen-bond donors (Lipinski definition) is 1. The molecule has 0 fully saturated rings. The van der Waals surface area contributed by atoms with Crippen LogP contribution in [0.4, 0.5) is 8.78 Å². The van der Waals surface area contributed by atoms with Crippen molar-refractivity contribution >= 4 is 6.29 Å². The van der Waals surface area contributed by atoms with Crippen molar-refractivity contribution in [2.24, 2.45) is 5.73 Å². The van der Waals surface area contributed by atoms with E-state index in [1.54, 1.807) is 0 Å². The van der Waals surface area contributed by atoms with Crippen LogP contribution in [0.3, 0.4) is 0 Å². The average Bonchev–Trinajstić information content (AvgIpc) is 2.08. The lowest BCUT2D eigenvalue weighted by molar-refractivity contribution is -0.109. The number of rotatable bonds is 2. The molecule has 0 amide bonds. The first kappa shape index (κ1) is 8.80. The van der Waals surface area contributed by atoms with Gasteiger partial charge in [0.15, 0.2) is 0 Å². The third kappa shape index (κ3) is 1.65. The van der Waals surface area contributed by atoms with Gasteiger partial charge in [-0.05, 0) is 18.2 Å². The number of halogens is 2. The van der Waals surface area contributed by atoms with Gasteiger partial charge in [-0.25, -0.2) is 8.78 Å². The van der Waals surface area contributed by atoms with Gasteiger partial charge >= 0.3 is 0 Å². The van der Waals surface area contributed by atoms with E-state index in [9.17, 15) is 13.6 Å². The van der Waals surface area contributed by atoms with Crippen LogP contribution in [0.2, 0.25) is 0 Å². The Hall–Kier alpha value is -1.29. The summed E-state index contributed by atoms with van der Waals surface area (Å²) < 4.78 is 25.3. The zero-order chi connectivity index (χ0) is 9.14. The Balaban J connectivity index is 3.12. The highest BCUT2D eigenvalue weighted by atomic mass is 19.1. The minimum absolute atomic E-state index is 0.120. The zero-order valence-electron chi connectivity index (χ0n) is 6.13. The summed E-state index contributed by atoms with van der Waals surface area (Å²) in [4.78, 5) is 10.2. The first-order valence-electron chi connectivity index (χ1n) is 3.31. The van der Waals surface area contributed by atoms with Gasteiger partial charge in [-0.15, -0.1) is 0 Å². The molecule has 1 atom stereocenters. The molecule has 1 aromatic carbocycles. The molecule has 0 bridgehead atoms. The standard InChI is InChI=1S/C8H7F2NO/c9-5-1-2-7(10)6(3-5)8(11)4-12/h1-4,8H,11H2. The minimum atomic E-state index is -1.10. The second kappa shape index (κ2) is 3.40. The second-order valence-corrected chi connectivity index (χ2v) is 2.33. The molecule has 0 aliphatic carbocycles. The van der Waals surface area contributed by atoms with E-state index in [2.05, 4.69) is 0 Å². The predicted molar refractivity (Wildman–Crippen MR) is 39.4 cm³/mol. The molecule has 1 rings (SSSR count). The monoisotopic (exact) mass is 171 g/mol. The molecule has 1 unspecified atom stereocenters. The zero-order valence-corrected chi connectivity index (χ0v) is 6.13. The van der Waals surface area contributed by atoms with Crippen LogP contribution in [-0.2, 0) is 4.79 Å². The molecular formula is C8H7F2NO. The van der Waals surface area contributed by atoms with E-state index in [0.29, 0.717) is 6.29 Å². The van der Waals surface area contributed by atoms with Crippen molar-refractivity contribution in [3.8, 4) is 0 Å². The van der Waals surface area contributed by atoms with E-state index in [1.807, 2.05) is 0 Å². The van der Waals surface area contributed by atoms with Gasteiger partial charge in [0.1, 0.15) is 17.9 Å². The maximum Gasteiger partial charge on any atom is 0.141 e. The van der Waals surface area contributed by atoms with Crippen molar-refractivity contribution in [1.29, 1.82) is 0 Å². The van der Waals surface area contributed by atoms with Crippen LogP contribution >= 0.6 is 0 Å². The van der Waals surface area contributed by atoms with Crippen molar-refractivity contribution in [1.82, 2.24) is 0 Å². The molecule has 0 saturated carbocycles. The molecule has 4 heteroatoms. The van der Waals surface area contributed by atoms with E-state index < -0.39 is 17.7 Å². The molecule has 0 saturated heterocycles. The smallest absolute Gasteiger partial charge is 0.141 e. The molecule has 0 heterocycles. The molecule has 12 heavy (non-hydrogen) atoms. The van der Waals surface area contributed by atoms with Crippen molar-refractivity contribution < 1.29 is 13.6 Å². The number of nitrogens with two attached hydrogens (primary N) is 1. The first-order chi connectivity index (χ1) is 5.65. The van der Waals surface area contributed by atoms with Crippen LogP contribution in [0.1, 0.15) is 11.6 Å². The van der Waals surface area contributed by atoms with Crippen molar-refractivity contribution in [2.75, 3.05) is 0 Å². The topological polar surface area (TPSA) is 43.1 Å². The first-order valence-corrected chi connectivity index (χ1v) is 3.31. The summed E-state index contributed by atoms with van der Waals surface area (Å²) in [6, 6.07) is 1.72. The van der Waals surface area contributed by atoms with E-state index in [0.717, 1.165) is 18.2 Å². The van der Waals surface area contributed by atoms with Crippen LogP contribution in [-0.4, -0.2) is 6.29 Å². The minimum Gasteiger partial charge on any atom is -0.318 e. The molecule has 0 aliphatic rings. The Kier molecular flexibility index (Phi) is 2.50. The largest absolute Gasteiger partial charge is 0.318 e. The SMILES string of the molecule is NC(C=O)c1cc(F)ccc1F. The van der Waals surface area contributed by atoms with Gasteiger partial charge in [-0.3, -0.25) is 0 Å². The fourth-order valence-electron chi connectivity index (χ4n) is 0.843. The molecular weight excluding hydrogens is 164 g/mol. The highest BCUT2D eigenvalue weighted by molar-refractivity contribution is 5.61. The average molecular weight is 171 g/mol. The lowest BCUT2D eigenvalue weighted by Crippen LogP contribution is -2.13. The lowest BCUT2D eigenvalue weighted by atomic mass is 10.1. The summed E-state index contributed by atoms with van der Waals surface area (Å²) in [5, 5.41) is 0. The van der Waals surface area contributed by atoms with Crippen LogP contribution in [0.25, 0.3) is 0 Å². The fourth-order valence-corrected chi connectivity index (χ4v) is 0.843. The second-order valence-electron chi connectivity index (χ2n) is 2.33. The van der Waals surface area contributed by atoms with Crippen molar-refractivity contribution in [2.45, 2.75) is 6.04 Å². The number of benzene rings is 1. The summed E-state index contributed by atoms with van der Waals surface area (Å²) in [6.07, 6.45) is 0.359. The van der Waals surface area contributed by atoms with Crippen LogP contribution in [0, 0.1) is 11.6 Å². The molecule has 0 aliphatic heterocycles. The van der Waals surface area contributed by atoms with Crippen LogP contribution in [0.15, 0.2) is 18.2 Å².